The summed E-state index contributed by atoms with van der Waals surface area (Å²) in [5, 5.41) is 19.1. The smallest absolute Gasteiger partial charge is 0.232 e. The molecule has 0 atom stereocenters. The Morgan fingerprint density at radius 3 is 1.71 bits per heavy atom. The molecule has 0 aromatic heterocycles. The quantitative estimate of drug-likeness (QED) is 0.727. The number of phenols is 2. The molecule has 4 N–H and O–H groups in total. The van der Waals surface area contributed by atoms with Crippen molar-refractivity contribution in [1.29, 1.82) is 0 Å². The lowest BCUT2D eigenvalue weighted by Gasteiger charge is -2.32. The van der Waals surface area contributed by atoms with E-state index in [1.165, 1.54) is 0 Å². The van der Waals surface area contributed by atoms with Crippen LogP contribution in [0.5, 0.6) is 11.5 Å². The molecule has 0 bridgehead atoms. The summed E-state index contributed by atoms with van der Waals surface area (Å²) in [5.74, 6) is -0.176. The maximum atomic E-state index is 12.6. The van der Waals surface area contributed by atoms with Crippen molar-refractivity contribution in [3.8, 4) is 11.5 Å². The Hall–Kier alpha value is -2.53. The van der Waals surface area contributed by atoms with Crippen LogP contribution in [0, 0.1) is 0 Å². The van der Waals surface area contributed by atoms with Crippen LogP contribution in [-0.4, -0.2) is 41.7 Å². The molecule has 5 nitrogen and oxygen atoms in total. The van der Waals surface area contributed by atoms with Gasteiger partial charge in [-0.05, 0) is 68.9 Å². The molecule has 2 aromatic carbocycles. The first-order chi connectivity index (χ1) is 11.4. The molecule has 128 valence electrons. The van der Waals surface area contributed by atoms with Crippen molar-refractivity contribution in [3.05, 3.63) is 59.7 Å². The number of nitrogens with zero attached hydrogens (tertiary/aromatic N) is 1. The monoisotopic (exact) mass is 328 g/mol. The predicted molar refractivity (Wildman–Crippen MR) is 94.0 cm³/mol. The normalized spacial score (nSPS) is 11.6. The third-order valence-electron chi connectivity index (χ3n) is 4.30. The summed E-state index contributed by atoms with van der Waals surface area (Å²) in [6.07, 6.45) is 1.31. The van der Waals surface area contributed by atoms with Gasteiger partial charge >= 0.3 is 0 Å². The Kier molecular flexibility index (Phi) is 5.46. The first-order valence-electron chi connectivity index (χ1n) is 7.90. The maximum absolute atomic E-state index is 12.6. The number of hydrogen-bond donors (Lipinski definition) is 3. The van der Waals surface area contributed by atoms with Gasteiger partial charge in [-0.15, -0.1) is 0 Å². The van der Waals surface area contributed by atoms with E-state index in [1.807, 2.05) is 14.1 Å². The number of rotatable bonds is 7. The summed E-state index contributed by atoms with van der Waals surface area (Å²) in [7, 11) is 3.96. The molecule has 0 fully saturated rings. The van der Waals surface area contributed by atoms with Crippen LogP contribution in [0.2, 0.25) is 0 Å². The molecule has 0 heterocycles. The number of amides is 1. The lowest BCUT2D eigenvalue weighted by molar-refractivity contribution is -0.122. The molecule has 0 saturated heterocycles. The predicted octanol–water partition coefficient (Wildman–Crippen LogP) is 2.21. The number of aromatic hydroxyl groups is 2. The number of carbonyl (C=O) groups is 1. The highest BCUT2D eigenvalue weighted by Crippen LogP contribution is 2.38. The van der Waals surface area contributed by atoms with Gasteiger partial charge < -0.3 is 20.8 Å². The number of phenolic OH excluding ortho intramolecular Hbond substituents is 2. The largest absolute Gasteiger partial charge is 0.508 e. The van der Waals surface area contributed by atoms with Crippen molar-refractivity contribution >= 4 is 5.91 Å². The van der Waals surface area contributed by atoms with Gasteiger partial charge in [0.2, 0.25) is 5.91 Å². The molecular weight excluding hydrogens is 304 g/mol. The zero-order chi connectivity index (χ0) is 17.7. The van der Waals surface area contributed by atoms with Crippen molar-refractivity contribution in [2.24, 2.45) is 5.73 Å². The Labute approximate surface area is 142 Å². The van der Waals surface area contributed by atoms with E-state index in [9.17, 15) is 15.0 Å². The van der Waals surface area contributed by atoms with E-state index in [0.29, 0.717) is 6.42 Å². The minimum absolute atomic E-state index is 0.135. The fraction of sp³-hybridized carbons (Fsp3) is 0.316. The summed E-state index contributed by atoms with van der Waals surface area (Å²) in [4.78, 5) is 14.6. The molecule has 2 rings (SSSR count). The number of carbonyl (C=O) groups excluding carboxylic acids is 1. The lowest BCUT2D eigenvalue weighted by atomic mass is 9.70. The van der Waals surface area contributed by atoms with Crippen molar-refractivity contribution in [2.75, 3.05) is 20.6 Å². The summed E-state index contributed by atoms with van der Waals surface area (Å²) in [6, 6.07) is 13.1. The van der Waals surface area contributed by atoms with E-state index in [-0.39, 0.29) is 11.5 Å². The number of primary amides is 1. The van der Waals surface area contributed by atoms with E-state index in [2.05, 4.69) is 4.90 Å². The summed E-state index contributed by atoms with van der Waals surface area (Å²) < 4.78 is 0. The third-order valence-corrected chi connectivity index (χ3v) is 4.30. The van der Waals surface area contributed by atoms with Crippen LogP contribution in [0.3, 0.4) is 0 Å². The Bertz CT molecular complexity index is 633. The molecule has 1 amide bonds. The SMILES string of the molecule is CN(C)CCCC(C(N)=O)(c1ccc(O)cc1)c1ccc(O)cc1. The van der Waals surface area contributed by atoms with Crippen LogP contribution in [0.15, 0.2) is 48.5 Å². The first-order valence-corrected chi connectivity index (χ1v) is 7.90. The highest BCUT2D eigenvalue weighted by atomic mass is 16.3. The van der Waals surface area contributed by atoms with Gasteiger partial charge in [-0.1, -0.05) is 24.3 Å². The van der Waals surface area contributed by atoms with E-state index in [1.54, 1.807) is 48.5 Å². The molecule has 0 radical (unpaired) electrons. The minimum atomic E-state index is -1.00. The third kappa shape index (κ3) is 3.68. The Balaban J connectivity index is 2.53. The van der Waals surface area contributed by atoms with E-state index in [4.69, 9.17) is 5.73 Å². The van der Waals surface area contributed by atoms with Crippen molar-refractivity contribution in [3.63, 3.8) is 0 Å². The summed E-state index contributed by atoms with van der Waals surface area (Å²) >= 11 is 0. The molecule has 2 aromatic rings. The summed E-state index contributed by atoms with van der Waals surface area (Å²) in [6.45, 7) is 0.825. The maximum Gasteiger partial charge on any atom is 0.232 e. The van der Waals surface area contributed by atoms with Crippen LogP contribution >= 0.6 is 0 Å². The standard InChI is InChI=1S/C19H24N2O3/c1-21(2)13-3-12-19(18(20)24,14-4-8-16(22)9-5-14)15-6-10-17(23)11-7-15/h4-11,22-23H,3,12-13H2,1-2H3,(H2,20,24). The van der Waals surface area contributed by atoms with E-state index in [0.717, 1.165) is 24.1 Å². The van der Waals surface area contributed by atoms with Crippen LogP contribution in [-0.2, 0) is 10.2 Å². The number of hydrogen-bond acceptors (Lipinski definition) is 4. The molecule has 0 unspecified atom stereocenters. The topological polar surface area (TPSA) is 86.8 Å². The van der Waals surface area contributed by atoms with Crippen molar-refractivity contribution < 1.29 is 15.0 Å². The van der Waals surface area contributed by atoms with Gasteiger partial charge in [0.25, 0.3) is 0 Å². The zero-order valence-corrected chi connectivity index (χ0v) is 14.1. The number of benzene rings is 2. The second-order valence-corrected chi connectivity index (χ2v) is 6.27. The fourth-order valence-electron chi connectivity index (χ4n) is 3.02. The van der Waals surface area contributed by atoms with Crippen LogP contribution in [0.4, 0.5) is 0 Å². The van der Waals surface area contributed by atoms with Crippen molar-refractivity contribution in [1.82, 2.24) is 4.90 Å². The van der Waals surface area contributed by atoms with Crippen LogP contribution in [0.25, 0.3) is 0 Å². The average Bonchev–Trinajstić information content (AvgIpc) is 2.53. The van der Waals surface area contributed by atoms with Gasteiger partial charge in [-0.3, -0.25) is 4.79 Å². The Morgan fingerprint density at radius 1 is 0.958 bits per heavy atom. The van der Waals surface area contributed by atoms with Gasteiger partial charge in [-0.2, -0.15) is 0 Å². The minimum Gasteiger partial charge on any atom is -0.508 e. The second-order valence-electron chi connectivity index (χ2n) is 6.27. The van der Waals surface area contributed by atoms with Gasteiger partial charge in [0.15, 0.2) is 0 Å². The van der Waals surface area contributed by atoms with Gasteiger partial charge in [0, 0.05) is 0 Å². The van der Waals surface area contributed by atoms with Gasteiger partial charge in [0.05, 0.1) is 5.41 Å². The van der Waals surface area contributed by atoms with Crippen molar-refractivity contribution in [2.45, 2.75) is 18.3 Å². The Morgan fingerprint density at radius 2 is 1.38 bits per heavy atom. The molecule has 0 aliphatic carbocycles. The van der Waals surface area contributed by atoms with Crippen LogP contribution < -0.4 is 5.73 Å². The molecule has 24 heavy (non-hydrogen) atoms. The van der Waals surface area contributed by atoms with E-state index < -0.39 is 11.3 Å². The second kappa shape index (κ2) is 7.36. The molecule has 0 aliphatic rings. The highest BCUT2D eigenvalue weighted by molar-refractivity contribution is 5.90. The summed E-state index contributed by atoms with van der Waals surface area (Å²) in [5.41, 5.74) is 6.32. The highest BCUT2D eigenvalue weighted by Gasteiger charge is 2.40. The van der Waals surface area contributed by atoms with Gasteiger partial charge in [-0.25, -0.2) is 0 Å². The molecule has 0 spiro atoms. The first kappa shape index (κ1) is 17.8. The number of nitrogens with two attached hydrogens (primary N) is 1. The lowest BCUT2D eigenvalue weighted by Crippen LogP contribution is -2.42. The average molecular weight is 328 g/mol. The fourth-order valence-corrected chi connectivity index (χ4v) is 3.02. The molecular formula is C19H24N2O3. The molecule has 5 heteroatoms. The zero-order valence-electron chi connectivity index (χ0n) is 14.1. The molecule has 0 aliphatic heterocycles. The van der Waals surface area contributed by atoms with Gasteiger partial charge in [0.1, 0.15) is 11.5 Å². The van der Waals surface area contributed by atoms with E-state index >= 15 is 0 Å². The molecule has 0 saturated carbocycles. The van der Waals surface area contributed by atoms with Crippen LogP contribution in [0.1, 0.15) is 24.0 Å².